The second kappa shape index (κ2) is 9.03. The maximum Gasteiger partial charge on any atom is 0.256 e. The van der Waals surface area contributed by atoms with Gasteiger partial charge >= 0.3 is 0 Å². The molecule has 3 aromatic carbocycles. The minimum atomic E-state index is -0.199. The Kier molecular flexibility index (Phi) is 5.83. The minimum Gasteiger partial charge on any atom is -0.491 e. The predicted octanol–water partition coefficient (Wildman–Crippen LogP) is 4.41. The van der Waals surface area contributed by atoms with Crippen molar-refractivity contribution in [2.24, 2.45) is 0 Å². The number of hydrogen-bond donors (Lipinski definition) is 2. The summed E-state index contributed by atoms with van der Waals surface area (Å²) < 4.78 is 11.4. The number of nitrogens with one attached hydrogen (secondary N) is 2. The Morgan fingerprint density at radius 2 is 1.69 bits per heavy atom. The monoisotopic (exact) mass is 387 g/mol. The van der Waals surface area contributed by atoms with Crippen LogP contribution in [0, 0.1) is 0 Å². The molecule has 0 atom stereocenters. The molecule has 4 rings (SSSR count). The van der Waals surface area contributed by atoms with Crippen molar-refractivity contribution >= 4 is 22.6 Å². The third-order valence-corrected chi connectivity index (χ3v) is 4.41. The van der Waals surface area contributed by atoms with Crippen LogP contribution in [0.3, 0.4) is 0 Å². The van der Waals surface area contributed by atoms with Gasteiger partial charge in [0.2, 0.25) is 0 Å². The second-order valence-electron chi connectivity index (χ2n) is 6.49. The lowest BCUT2D eigenvalue weighted by molar-refractivity contribution is 0.0889. The van der Waals surface area contributed by atoms with Gasteiger partial charge in [-0.25, -0.2) is 0 Å². The third kappa shape index (κ3) is 4.80. The maximum atomic E-state index is 12.3. The van der Waals surface area contributed by atoms with Crippen molar-refractivity contribution in [2.75, 3.05) is 18.5 Å². The SMILES string of the molecule is O=C(Nc1n[nH]c2cc(OCCOCc3ccccc3)ccc12)c1ccccc1. The van der Waals surface area contributed by atoms with Crippen molar-refractivity contribution in [3.05, 3.63) is 90.0 Å². The van der Waals surface area contributed by atoms with E-state index in [-0.39, 0.29) is 5.91 Å². The summed E-state index contributed by atoms with van der Waals surface area (Å²) >= 11 is 0. The number of H-pyrrole nitrogens is 1. The van der Waals surface area contributed by atoms with Gasteiger partial charge in [-0.1, -0.05) is 48.5 Å². The molecule has 0 bridgehead atoms. The van der Waals surface area contributed by atoms with Gasteiger partial charge in [0, 0.05) is 17.0 Å². The quantitative estimate of drug-likeness (QED) is 0.439. The lowest BCUT2D eigenvalue weighted by atomic mass is 10.2. The number of ether oxygens (including phenoxy) is 2. The summed E-state index contributed by atoms with van der Waals surface area (Å²) in [5, 5.41) is 10.8. The van der Waals surface area contributed by atoms with Crippen LogP contribution in [-0.2, 0) is 11.3 Å². The fraction of sp³-hybridized carbons (Fsp3) is 0.130. The molecule has 0 saturated carbocycles. The van der Waals surface area contributed by atoms with Crippen LogP contribution in [0.1, 0.15) is 15.9 Å². The highest BCUT2D eigenvalue weighted by atomic mass is 16.5. The number of nitrogens with zero attached hydrogens (tertiary/aromatic N) is 1. The van der Waals surface area contributed by atoms with Crippen molar-refractivity contribution in [3.8, 4) is 5.75 Å². The van der Waals surface area contributed by atoms with Crippen LogP contribution in [-0.4, -0.2) is 29.3 Å². The lowest BCUT2D eigenvalue weighted by Crippen LogP contribution is -2.12. The smallest absolute Gasteiger partial charge is 0.256 e. The number of hydrogen-bond acceptors (Lipinski definition) is 4. The predicted molar refractivity (Wildman–Crippen MR) is 112 cm³/mol. The van der Waals surface area contributed by atoms with Crippen LogP contribution < -0.4 is 10.1 Å². The molecule has 0 radical (unpaired) electrons. The molecule has 1 aromatic heterocycles. The number of carbonyl (C=O) groups is 1. The zero-order chi connectivity index (χ0) is 19.9. The maximum absolute atomic E-state index is 12.3. The number of aromatic nitrogens is 2. The highest BCUT2D eigenvalue weighted by Crippen LogP contribution is 2.25. The first-order valence-electron chi connectivity index (χ1n) is 9.38. The fourth-order valence-corrected chi connectivity index (χ4v) is 2.94. The van der Waals surface area contributed by atoms with Gasteiger partial charge < -0.3 is 14.8 Å². The molecule has 6 heteroatoms. The number of fused-ring (bicyclic) bond motifs is 1. The summed E-state index contributed by atoms with van der Waals surface area (Å²) in [5.74, 6) is 1.01. The molecular formula is C23H21N3O3. The molecule has 6 nitrogen and oxygen atoms in total. The topological polar surface area (TPSA) is 76.2 Å². The molecule has 0 aliphatic heterocycles. The molecule has 0 spiro atoms. The van der Waals surface area contributed by atoms with Crippen molar-refractivity contribution in [1.29, 1.82) is 0 Å². The Morgan fingerprint density at radius 1 is 0.931 bits per heavy atom. The van der Waals surface area contributed by atoms with E-state index < -0.39 is 0 Å². The summed E-state index contributed by atoms with van der Waals surface area (Å²) in [6.07, 6.45) is 0. The highest BCUT2D eigenvalue weighted by Gasteiger charge is 2.11. The summed E-state index contributed by atoms with van der Waals surface area (Å²) in [6.45, 7) is 1.51. The highest BCUT2D eigenvalue weighted by molar-refractivity contribution is 6.07. The largest absolute Gasteiger partial charge is 0.491 e. The van der Waals surface area contributed by atoms with Crippen LogP contribution in [0.4, 0.5) is 5.82 Å². The van der Waals surface area contributed by atoms with Gasteiger partial charge in [-0.2, -0.15) is 5.10 Å². The van der Waals surface area contributed by atoms with E-state index in [9.17, 15) is 4.79 Å². The molecule has 0 saturated heterocycles. The molecule has 2 N–H and O–H groups in total. The zero-order valence-corrected chi connectivity index (χ0v) is 15.8. The zero-order valence-electron chi connectivity index (χ0n) is 15.8. The summed E-state index contributed by atoms with van der Waals surface area (Å²) in [7, 11) is 0. The first-order chi connectivity index (χ1) is 14.3. The second-order valence-corrected chi connectivity index (χ2v) is 6.49. The number of carbonyl (C=O) groups excluding carboxylic acids is 1. The van der Waals surface area contributed by atoms with Crippen LogP contribution in [0.2, 0.25) is 0 Å². The lowest BCUT2D eigenvalue weighted by Gasteiger charge is -2.07. The number of rotatable bonds is 8. The van der Waals surface area contributed by atoms with Gasteiger partial charge in [0.05, 0.1) is 18.7 Å². The van der Waals surface area contributed by atoms with Crippen molar-refractivity contribution in [3.63, 3.8) is 0 Å². The first-order valence-corrected chi connectivity index (χ1v) is 9.38. The molecule has 0 fully saturated rings. The number of anilines is 1. The van der Waals surface area contributed by atoms with E-state index in [1.807, 2.05) is 66.7 Å². The summed E-state index contributed by atoms with van der Waals surface area (Å²) in [4.78, 5) is 12.3. The van der Waals surface area contributed by atoms with Crippen molar-refractivity contribution in [1.82, 2.24) is 10.2 Å². The van der Waals surface area contributed by atoms with Crippen LogP contribution in [0.5, 0.6) is 5.75 Å². The fourth-order valence-electron chi connectivity index (χ4n) is 2.94. The van der Waals surface area contributed by atoms with Gasteiger partial charge in [-0.15, -0.1) is 0 Å². The average molecular weight is 387 g/mol. The molecule has 1 heterocycles. The van der Waals surface area contributed by atoms with Gasteiger partial charge in [0.25, 0.3) is 5.91 Å². The molecule has 0 unspecified atom stereocenters. The summed E-state index contributed by atoms with van der Waals surface area (Å²) in [6, 6.07) is 24.6. The molecule has 0 aliphatic rings. The minimum absolute atomic E-state index is 0.199. The summed E-state index contributed by atoms with van der Waals surface area (Å²) in [5.41, 5.74) is 2.51. The molecule has 29 heavy (non-hydrogen) atoms. The van der Waals surface area contributed by atoms with Crippen LogP contribution in [0.25, 0.3) is 10.9 Å². The van der Waals surface area contributed by atoms with Gasteiger partial charge in [0.1, 0.15) is 12.4 Å². The molecule has 146 valence electrons. The Balaban J connectivity index is 1.31. The normalized spacial score (nSPS) is 10.8. The number of aromatic amines is 1. The van der Waals surface area contributed by atoms with E-state index in [4.69, 9.17) is 9.47 Å². The Morgan fingerprint density at radius 3 is 2.48 bits per heavy atom. The molecule has 4 aromatic rings. The van der Waals surface area contributed by atoms with Crippen molar-refractivity contribution < 1.29 is 14.3 Å². The van der Waals surface area contributed by atoms with Gasteiger partial charge in [-0.05, 0) is 29.8 Å². The van der Waals surface area contributed by atoms with Gasteiger partial charge in [-0.3, -0.25) is 9.89 Å². The first kappa shape index (κ1) is 18.7. The molecular weight excluding hydrogens is 366 g/mol. The Labute approximate surface area is 168 Å². The third-order valence-electron chi connectivity index (χ3n) is 4.41. The van der Waals surface area contributed by atoms with Crippen LogP contribution in [0.15, 0.2) is 78.9 Å². The van der Waals surface area contributed by atoms with E-state index in [1.165, 1.54) is 0 Å². The van der Waals surface area contributed by atoms with E-state index in [2.05, 4.69) is 15.5 Å². The molecule has 0 aliphatic carbocycles. The van der Waals surface area contributed by atoms with E-state index in [0.717, 1.165) is 16.5 Å². The molecule has 1 amide bonds. The van der Waals surface area contributed by atoms with E-state index in [1.54, 1.807) is 12.1 Å². The van der Waals surface area contributed by atoms with Crippen LogP contribution >= 0.6 is 0 Å². The average Bonchev–Trinajstić information content (AvgIpc) is 3.17. The number of amides is 1. The standard InChI is InChI=1S/C23H21N3O3/c27-23(18-9-5-2-6-10-18)24-22-20-12-11-19(15-21(20)25-26-22)29-14-13-28-16-17-7-3-1-4-8-17/h1-12,15H,13-14,16H2,(H2,24,25,26,27). The number of benzene rings is 3. The van der Waals surface area contributed by atoms with E-state index in [0.29, 0.717) is 37.0 Å². The van der Waals surface area contributed by atoms with E-state index >= 15 is 0 Å². The van der Waals surface area contributed by atoms with Crippen molar-refractivity contribution in [2.45, 2.75) is 6.61 Å². The Bertz CT molecular complexity index is 1080. The Hall–Kier alpha value is -3.64. The van der Waals surface area contributed by atoms with Gasteiger partial charge in [0.15, 0.2) is 5.82 Å².